The monoisotopic (exact) mass is 943 g/mol. The van der Waals surface area contributed by atoms with Crippen LogP contribution in [0.2, 0.25) is 0 Å². The van der Waals surface area contributed by atoms with Crippen molar-refractivity contribution >= 4 is 5.97 Å². The van der Waals surface area contributed by atoms with Crippen molar-refractivity contribution in [2.75, 3.05) is 19.8 Å². The van der Waals surface area contributed by atoms with Crippen molar-refractivity contribution in [1.82, 2.24) is 0 Å². The average Bonchev–Trinajstić information content (AvgIpc) is 3.27. The van der Waals surface area contributed by atoms with E-state index in [1.54, 1.807) is 0 Å². The van der Waals surface area contributed by atoms with E-state index in [1.807, 2.05) is 0 Å². The second-order valence-corrected chi connectivity index (χ2v) is 23.5. The Bertz CT molecular complexity index is 1790. The van der Waals surface area contributed by atoms with Crippen LogP contribution in [-0.2, 0) is 33.2 Å². The first-order chi connectivity index (χ1) is 30.9. The van der Waals surface area contributed by atoms with Crippen LogP contribution in [0, 0.1) is 50.2 Å². The quantitative estimate of drug-likeness (QED) is 0.0833. The van der Waals surface area contributed by atoms with Gasteiger partial charge in [-0.1, -0.05) is 60.1 Å². The first-order valence-electron chi connectivity index (χ1n) is 24.3. The number of aliphatic hydroxyl groups is 11. The van der Waals surface area contributed by atoms with Gasteiger partial charge in [-0.05, 0) is 109 Å². The van der Waals surface area contributed by atoms with Crippen molar-refractivity contribution in [2.24, 2.45) is 50.2 Å². The molecule has 378 valence electrons. The molecule has 18 heteroatoms. The molecule has 0 bridgehead atoms. The number of fused-ring (bicyclic) bond motifs is 7. The molecule has 3 aliphatic heterocycles. The van der Waals surface area contributed by atoms with Crippen LogP contribution in [-0.4, -0.2) is 180 Å². The Morgan fingerprint density at radius 1 is 0.606 bits per heavy atom. The van der Waals surface area contributed by atoms with E-state index < -0.39 is 135 Å². The lowest BCUT2D eigenvalue weighted by atomic mass is 9.33. The lowest BCUT2D eigenvalue weighted by Gasteiger charge is -2.71. The summed E-state index contributed by atoms with van der Waals surface area (Å²) in [4.78, 5) is 14.7. The molecular weight excluding hydrogens is 865 g/mol. The van der Waals surface area contributed by atoms with Crippen LogP contribution in [0.3, 0.4) is 0 Å². The van der Waals surface area contributed by atoms with E-state index in [4.69, 9.17) is 28.4 Å². The fraction of sp³-hybridized carbons (Fsp3) is 0.938. The van der Waals surface area contributed by atoms with Gasteiger partial charge in [-0.3, -0.25) is 4.79 Å². The minimum Gasteiger partial charge on any atom is -0.432 e. The summed E-state index contributed by atoms with van der Waals surface area (Å²) in [5, 5.41) is 115. The summed E-state index contributed by atoms with van der Waals surface area (Å²) in [6.45, 7) is 14.1. The molecule has 8 aliphatic rings. The third-order valence-electron chi connectivity index (χ3n) is 19.3. The minimum atomic E-state index is -1.77. The molecule has 0 radical (unpaired) electrons. The van der Waals surface area contributed by atoms with E-state index in [2.05, 4.69) is 54.5 Å². The first-order valence-corrected chi connectivity index (χ1v) is 24.3. The Labute approximate surface area is 387 Å². The third kappa shape index (κ3) is 7.87. The van der Waals surface area contributed by atoms with Crippen LogP contribution in [0.5, 0.6) is 0 Å². The number of hydrogen-bond acceptors (Lipinski definition) is 18. The standard InChI is InChI=1S/C48H78O18/c1-43(2)14-16-48(42(60)66-41-36(58)33(55)31(53)25(20-50)62-41)17-15-46(6)22(23(48)18-43)8-9-28-45(5)12-11-29(44(3,4)27(45)10-13-47(28,46)7)64-39-37(59)34(56)38(26(21-51)63-39)65-40-35(57)32(54)30(52)24(19-49)61-40/h8,23-41,49-59H,9-21H2,1-7H3/t23-,24+,25+,26+,27+,28+,29+,30-,31+,32-,33-,34+,35+,36+,37+,38+,39-,40-,41-,45-,46+,47+,48-/m0/s1. The largest absolute Gasteiger partial charge is 0.432 e. The van der Waals surface area contributed by atoms with Gasteiger partial charge in [-0.15, -0.1) is 0 Å². The van der Waals surface area contributed by atoms with Gasteiger partial charge < -0.3 is 84.6 Å². The first kappa shape index (κ1) is 50.9. The van der Waals surface area contributed by atoms with Gasteiger partial charge in [0.1, 0.15) is 73.2 Å². The van der Waals surface area contributed by atoms with Crippen molar-refractivity contribution in [3.8, 4) is 0 Å². The van der Waals surface area contributed by atoms with E-state index in [1.165, 1.54) is 5.57 Å². The minimum absolute atomic E-state index is 0.0540. The zero-order valence-corrected chi connectivity index (χ0v) is 39.5. The van der Waals surface area contributed by atoms with Gasteiger partial charge in [-0.2, -0.15) is 0 Å². The van der Waals surface area contributed by atoms with Gasteiger partial charge in [-0.25, -0.2) is 0 Å². The van der Waals surface area contributed by atoms with Gasteiger partial charge in [0.2, 0.25) is 6.29 Å². The van der Waals surface area contributed by atoms with Gasteiger partial charge in [0, 0.05) is 0 Å². The SMILES string of the molecule is CC1(C)CC[C@]2(C(=O)O[C@@H]3O[C@H](CO)[C@@H](O)[C@H](O)[C@H]3O)CC[C@]3(C)C(=CC[C@@H]4[C@@]5(C)CC[C@@H](O[C@@H]6O[C@H](CO)[C@@H](O[C@@H]7O[C@H](CO)[C@H](O)[C@H](O)[C@H]7O)[C@H](O)[C@H]6O)C(C)(C)[C@H]5CC[C@]43C)[C@@H]2C1. The summed E-state index contributed by atoms with van der Waals surface area (Å²) in [5.41, 5.74) is -0.613. The lowest BCUT2D eigenvalue weighted by Crippen LogP contribution is -2.67. The van der Waals surface area contributed by atoms with Crippen molar-refractivity contribution in [1.29, 1.82) is 0 Å². The van der Waals surface area contributed by atoms with Gasteiger partial charge >= 0.3 is 5.97 Å². The maximum absolute atomic E-state index is 14.7. The molecule has 7 fully saturated rings. The fourth-order valence-electron chi connectivity index (χ4n) is 15.0. The smallest absolute Gasteiger partial charge is 0.315 e. The van der Waals surface area contributed by atoms with Crippen molar-refractivity contribution in [3.05, 3.63) is 11.6 Å². The van der Waals surface area contributed by atoms with E-state index in [0.717, 1.165) is 44.9 Å². The lowest BCUT2D eigenvalue weighted by molar-refractivity contribution is -0.368. The highest BCUT2D eigenvalue weighted by Crippen LogP contribution is 2.76. The highest BCUT2D eigenvalue weighted by Gasteiger charge is 2.70. The molecule has 8 rings (SSSR count). The molecule has 23 atom stereocenters. The molecule has 0 aromatic heterocycles. The topological polar surface area (TPSA) is 295 Å². The molecule has 0 aromatic carbocycles. The van der Waals surface area contributed by atoms with E-state index in [0.29, 0.717) is 19.3 Å². The van der Waals surface area contributed by atoms with E-state index >= 15 is 0 Å². The molecule has 0 spiro atoms. The zero-order valence-electron chi connectivity index (χ0n) is 39.5. The molecule has 66 heavy (non-hydrogen) atoms. The van der Waals surface area contributed by atoms with Crippen LogP contribution in [0.1, 0.15) is 113 Å². The number of rotatable bonds is 9. The second-order valence-electron chi connectivity index (χ2n) is 23.5. The molecule has 18 nitrogen and oxygen atoms in total. The summed E-state index contributed by atoms with van der Waals surface area (Å²) >= 11 is 0. The maximum atomic E-state index is 14.7. The number of hydrogen-bond donors (Lipinski definition) is 11. The van der Waals surface area contributed by atoms with Crippen LogP contribution in [0.15, 0.2) is 11.6 Å². The predicted octanol–water partition coefficient (Wildman–Crippen LogP) is 0.141. The number of carbonyl (C=O) groups excluding carboxylic acids is 1. The molecule has 0 amide bonds. The van der Waals surface area contributed by atoms with Gasteiger partial charge in [0.05, 0.1) is 31.3 Å². The fourth-order valence-corrected chi connectivity index (χ4v) is 15.0. The van der Waals surface area contributed by atoms with Gasteiger partial charge in [0.25, 0.3) is 0 Å². The molecule has 4 saturated carbocycles. The molecule has 3 saturated heterocycles. The van der Waals surface area contributed by atoms with Crippen molar-refractivity contribution in [2.45, 2.75) is 211 Å². The average molecular weight is 943 g/mol. The summed E-state index contributed by atoms with van der Waals surface area (Å²) in [5.74, 6) is -0.157. The number of esters is 1. The Morgan fingerprint density at radius 3 is 1.77 bits per heavy atom. The number of ether oxygens (including phenoxy) is 6. The van der Waals surface area contributed by atoms with Crippen LogP contribution < -0.4 is 0 Å². The Balaban J connectivity index is 0.998. The maximum Gasteiger partial charge on any atom is 0.315 e. The molecule has 3 heterocycles. The highest BCUT2D eigenvalue weighted by atomic mass is 16.7. The summed E-state index contributed by atoms with van der Waals surface area (Å²) in [7, 11) is 0. The van der Waals surface area contributed by atoms with Crippen LogP contribution >= 0.6 is 0 Å². The second kappa shape index (κ2) is 18.0. The Morgan fingerprint density at radius 2 is 1.15 bits per heavy atom. The Kier molecular flexibility index (Phi) is 13.9. The summed E-state index contributed by atoms with van der Waals surface area (Å²) < 4.78 is 35.6. The van der Waals surface area contributed by atoms with Gasteiger partial charge in [0.15, 0.2) is 12.6 Å². The number of allylic oxidation sites excluding steroid dienone is 2. The predicted molar refractivity (Wildman–Crippen MR) is 230 cm³/mol. The van der Waals surface area contributed by atoms with Crippen molar-refractivity contribution < 1.29 is 89.4 Å². The zero-order chi connectivity index (χ0) is 48.3. The Hall–Kier alpha value is -1.43. The molecular formula is C48H78O18. The summed E-state index contributed by atoms with van der Waals surface area (Å²) in [6.07, 6.45) is -13.5. The van der Waals surface area contributed by atoms with Crippen molar-refractivity contribution in [3.63, 3.8) is 0 Å². The third-order valence-corrected chi connectivity index (χ3v) is 19.3. The molecule has 0 unspecified atom stereocenters. The normalized spacial score (nSPS) is 53.3. The molecule has 0 aromatic rings. The van der Waals surface area contributed by atoms with E-state index in [-0.39, 0.29) is 39.4 Å². The number of carbonyl (C=O) groups is 1. The van der Waals surface area contributed by atoms with Crippen LogP contribution in [0.4, 0.5) is 0 Å². The number of aliphatic hydroxyl groups excluding tert-OH is 11. The highest BCUT2D eigenvalue weighted by molar-refractivity contribution is 5.79. The van der Waals surface area contributed by atoms with E-state index in [9.17, 15) is 61.0 Å². The van der Waals surface area contributed by atoms with Crippen LogP contribution in [0.25, 0.3) is 0 Å². The summed E-state index contributed by atoms with van der Waals surface area (Å²) in [6, 6.07) is 0. The molecule has 5 aliphatic carbocycles. The molecule has 11 N–H and O–H groups in total.